The van der Waals surface area contributed by atoms with Gasteiger partial charge in [-0.3, -0.25) is 0 Å². The first-order chi connectivity index (χ1) is 7.59. The number of ether oxygens (including phenoxy) is 2. The van der Waals surface area contributed by atoms with Crippen molar-refractivity contribution in [2.75, 3.05) is 33.4 Å². The zero-order valence-electron chi connectivity index (χ0n) is 8.62. The van der Waals surface area contributed by atoms with E-state index in [9.17, 15) is 14.2 Å². The van der Waals surface area contributed by atoms with E-state index in [0.717, 1.165) is 9.34 Å². The summed E-state index contributed by atoms with van der Waals surface area (Å²) in [4.78, 5) is 22.6. The summed E-state index contributed by atoms with van der Waals surface area (Å²) < 4.78 is 28.5. The predicted octanol–water partition coefficient (Wildman–Crippen LogP) is 0.645. The van der Waals surface area contributed by atoms with Gasteiger partial charge in [0.1, 0.15) is 13.2 Å². The summed E-state index contributed by atoms with van der Waals surface area (Å²) in [5.41, 5.74) is 0. The number of hydrogen-bond donors (Lipinski definition) is 0. The lowest BCUT2D eigenvalue weighted by Crippen LogP contribution is -2.33. The minimum absolute atomic E-state index is 0.133. The Morgan fingerprint density at radius 3 is 1.81 bits per heavy atom. The summed E-state index contributed by atoms with van der Waals surface area (Å²) in [5, 5.41) is 0. The van der Waals surface area contributed by atoms with E-state index in [1.54, 1.807) is 0 Å². The standard InChI is InChI=1S/C7H11N2O6P/c1-13-16(12,8-2-4-14-6(8)10)9-3-5-15-7(9)11/h2-5H2,1H3. The van der Waals surface area contributed by atoms with E-state index in [1.807, 2.05) is 0 Å². The van der Waals surface area contributed by atoms with Crippen LogP contribution in [0.2, 0.25) is 0 Å². The third kappa shape index (κ3) is 1.54. The van der Waals surface area contributed by atoms with Gasteiger partial charge in [0.15, 0.2) is 0 Å². The SMILES string of the molecule is COP(=O)(N1CCOC1=O)N1CCOC1=O. The Kier molecular flexibility index (Phi) is 2.77. The molecule has 16 heavy (non-hydrogen) atoms. The molecule has 0 saturated carbocycles. The lowest BCUT2D eigenvalue weighted by Gasteiger charge is -2.28. The average molecular weight is 250 g/mol. The third-order valence-corrected chi connectivity index (χ3v) is 4.75. The molecule has 0 aliphatic carbocycles. The molecular weight excluding hydrogens is 239 g/mol. The average Bonchev–Trinajstić information content (AvgIpc) is 2.86. The summed E-state index contributed by atoms with van der Waals surface area (Å²) in [6.07, 6.45) is -1.49. The first kappa shape index (κ1) is 11.2. The highest BCUT2D eigenvalue weighted by molar-refractivity contribution is 7.55. The fourth-order valence-electron chi connectivity index (χ4n) is 1.56. The summed E-state index contributed by atoms with van der Waals surface area (Å²) in [5.74, 6) is 0. The molecule has 0 bridgehead atoms. The van der Waals surface area contributed by atoms with Crippen LogP contribution in [0.3, 0.4) is 0 Å². The van der Waals surface area contributed by atoms with Crippen molar-refractivity contribution in [2.24, 2.45) is 0 Å². The van der Waals surface area contributed by atoms with E-state index >= 15 is 0 Å². The van der Waals surface area contributed by atoms with Gasteiger partial charge in [-0.15, -0.1) is 0 Å². The normalized spacial score (nSPS) is 21.3. The number of rotatable bonds is 3. The van der Waals surface area contributed by atoms with Crippen LogP contribution in [0.1, 0.15) is 0 Å². The molecule has 0 aromatic rings. The van der Waals surface area contributed by atoms with Gasteiger partial charge in [0.25, 0.3) is 0 Å². The quantitative estimate of drug-likeness (QED) is 0.683. The molecule has 2 saturated heterocycles. The second-order valence-electron chi connectivity index (χ2n) is 3.15. The van der Waals surface area contributed by atoms with Crippen molar-refractivity contribution in [3.8, 4) is 0 Å². The predicted molar refractivity (Wildman–Crippen MR) is 50.7 cm³/mol. The molecule has 0 aromatic carbocycles. The maximum Gasteiger partial charge on any atom is 0.418 e. The van der Waals surface area contributed by atoms with Crippen LogP contribution in [0.5, 0.6) is 0 Å². The maximum absolute atomic E-state index is 12.4. The molecule has 2 aliphatic rings. The molecule has 2 amide bonds. The molecule has 8 nitrogen and oxygen atoms in total. The van der Waals surface area contributed by atoms with Crippen LogP contribution < -0.4 is 0 Å². The number of carbonyl (C=O) groups is 2. The number of carbonyl (C=O) groups excluding carboxylic acids is 2. The highest BCUT2D eigenvalue weighted by atomic mass is 31.2. The van der Waals surface area contributed by atoms with E-state index in [1.165, 1.54) is 7.11 Å². The fraction of sp³-hybridized carbons (Fsp3) is 0.714. The van der Waals surface area contributed by atoms with Gasteiger partial charge in [0.2, 0.25) is 0 Å². The van der Waals surface area contributed by atoms with Crippen LogP contribution in [0, 0.1) is 0 Å². The lowest BCUT2D eigenvalue weighted by molar-refractivity contribution is 0.159. The van der Waals surface area contributed by atoms with Crippen molar-refractivity contribution in [2.45, 2.75) is 0 Å². The lowest BCUT2D eigenvalue weighted by atomic mass is 10.7. The molecule has 9 heteroatoms. The fourth-order valence-corrected chi connectivity index (χ4v) is 3.41. The number of amides is 2. The summed E-state index contributed by atoms with van der Waals surface area (Å²) in [6.45, 7) is 0.533. The highest BCUT2D eigenvalue weighted by Gasteiger charge is 2.49. The van der Waals surface area contributed by atoms with Crippen LogP contribution in [-0.2, 0) is 18.6 Å². The van der Waals surface area contributed by atoms with Crippen molar-refractivity contribution < 1.29 is 28.2 Å². The van der Waals surface area contributed by atoms with Crippen LogP contribution >= 0.6 is 7.67 Å². The van der Waals surface area contributed by atoms with E-state index in [4.69, 9.17) is 4.52 Å². The minimum Gasteiger partial charge on any atom is -0.447 e. The Morgan fingerprint density at radius 2 is 1.56 bits per heavy atom. The van der Waals surface area contributed by atoms with E-state index in [0.29, 0.717) is 0 Å². The number of hydrogen-bond acceptors (Lipinski definition) is 6. The van der Waals surface area contributed by atoms with Gasteiger partial charge in [-0.25, -0.2) is 23.5 Å². The van der Waals surface area contributed by atoms with Crippen molar-refractivity contribution >= 4 is 19.9 Å². The summed E-state index contributed by atoms with van der Waals surface area (Å²) >= 11 is 0. The third-order valence-electron chi connectivity index (χ3n) is 2.33. The molecule has 0 spiro atoms. The topological polar surface area (TPSA) is 85.4 Å². The molecule has 2 heterocycles. The van der Waals surface area contributed by atoms with Crippen LogP contribution in [0.25, 0.3) is 0 Å². The van der Waals surface area contributed by atoms with Gasteiger partial charge in [-0.05, 0) is 0 Å². The molecule has 0 atom stereocenters. The maximum atomic E-state index is 12.4. The van der Waals surface area contributed by atoms with Crippen LogP contribution in [-0.4, -0.2) is 54.9 Å². The first-order valence-corrected chi connectivity index (χ1v) is 6.18. The van der Waals surface area contributed by atoms with Crippen LogP contribution in [0.4, 0.5) is 9.59 Å². The molecule has 0 radical (unpaired) electrons. The summed E-state index contributed by atoms with van der Waals surface area (Å²) in [7, 11) is -2.51. The van der Waals surface area contributed by atoms with Gasteiger partial charge in [-0.1, -0.05) is 0 Å². The Hall–Kier alpha value is -1.27. The minimum atomic E-state index is -3.69. The molecule has 0 aromatic heterocycles. The smallest absolute Gasteiger partial charge is 0.418 e. The van der Waals surface area contributed by atoms with Crippen LogP contribution in [0.15, 0.2) is 0 Å². The second kappa shape index (κ2) is 3.95. The van der Waals surface area contributed by atoms with Gasteiger partial charge in [-0.2, -0.15) is 0 Å². The van der Waals surface area contributed by atoms with Crippen molar-refractivity contribution in [3.05, 3.63) is 0 Å². The largest absolute Gasteiger partial charge is 0.447 e. The van der Waals surface area contributed by atoms with Crippen molar-refractivity contribution in [3.63, 3.8) is 0 Å². The highest BCUT2D eigenvalue weighted by Crippen LogP contribution is 2.55. The van der Waals surface area contributed by atoms with E-state index < -0.39 is 19.9 Å². The monoisotopic (exact) mass is 250 g/mol. The van der Waals surface area contributed by atoms with Crippen molar-refractivity contribution in [1.82, 2.24) is 9.34 Å². The zero-order valence-corrected chi connectivity index (χ0v) is 9.51. The zero-order chi connectivity index (χ0) is 11.8. The number of cyclic esters (lactones) is 2. The molecule has 2 aliphatic heterocycles. The van der Waals surface area contributed by atoms with Gasteiger partial charge in [0.05, 0.1) is 13.1 Å². The van der Waals surface area contributed by atoms with Crippen molar-refractivity contribution in [1.29, 1.82) is 0 Å². The van der Waals surface area contributed by atoms with Gasteiger partial charge < -0.3 is 14.0 Å². The number of nitrogens with zero attached hydrogens (tertiary/aromatic N) is 2. The molecule has 90 valence electrons. The molecule has 0 N–H and O–H groups in total. The molecule has 2 fully saturated rings. The van der Waals surface area contributed by atoms with E-state index in [-0.39, 0.29) is 26.3 Å². The van der Waals surface area contributed by atoms with E-state index in [2.05, 4.69) is 9.47 Å². The molecule has 0 unspecified atom stereocenters. The summed E-state index contributed by atoms with van der Waals surface area (Å²) in [6, 6.07) is 0. The Balaban J connectivity index is 2.27. The Bertz CT molecular complexity index is 342. The van der Waals surface area contributed by atoms with Gasteiger partial charge in [0, 0.05) is 7.11 Å². The Morgan fingerprint density at radius 1 is 1.12 bits per heavy atom. The molecular formula is C7H11N2O6P. The Labute approximate surface area is 91.6 Å². The van der Waals surface area contributed by atoms with Gasteiger partial charge >= 0.3 is 19.9 Å². The first-order valence-electron chi connectivity index (χ1n) is 4.65. The molecule has 2 rings (SSSR count). The second-order valence-corrected chi connectivity index (χ2v) is 5.46.